The van der Waals surface area contributed by atoms with E-state index in [1.54, 1.807) is 0 Å². The molecule has 4 nitrogen and oxygen atoms in total. The molecule has 0 radical (unpaired) electrons. The molecule has 0 aromatic heterocycles. The topological polar surface area (TPSA) is 83.5 Å². The zero-order chi connectivity index (χ0) is 8.15. The van der Waals surface area contributed by atoms with E-state index in [9.17, 15) is 4.79 Å². The third-order valence-corrected chi connectivity index (χ3v) is 1.15. The van der Waals surface area contributed by atoms with Gasteiger partial charge in [-0.3, -0.25) is 4.79 Å². The van der Waals surface area contributed by atoms with E-state index in [4.69, 9.17) is 15.9 Å². The number of carbonyl (C=O) groups is 1. The number of carbonyl (C=O) groups excluding carboxylic acids is 1. The van der Waals surface area contributed by atoms with Gasteiger partial charge in [-0.1, -0.05) is 6.92 Å². The predicted octanol–water partition coefficient (Wildman–Crippen LogP) is -1.01. The van der Waals surface area contributed by atoms with Gasteiger partial charge in [-0.15, -0.1) is 0 Å². The van der Waals surface area contributed by atoms with Crippen LogP contribution in [0.3, 0.4) is 0 Å². The summed E-state index contributed by atoms with van der Waals surface area (Å²) in [6.07, 6.45) is -1.95. The van der Waals surface area contributed by atoms with Gasteiger partial charge in [0.1, 0.15) is 6.23 Å². The van der Waals surface area contributed by atoms with Crippen molar-refractivity contribution in [3.05, 3.63) is 0 Å². The van der Waals surface area contributed by atoms with Gasteiger partial charge in [0.05, 0.1) is 0 Å². The molecule has 0 fully saturated rings. The second kappa shape index (κ2) is 4.38. The molecule has 0 amide bonds. The molecule has 4 N–H and O–H groups in total. The van der Waals surface area contributed by atoms with Crippen LogP contribution in [0.4, 0.5) is 0 Å². The Morgan fingerprint density at radius 3 is 2.40 bits per heavy atom. The minimum absolute atomic E-state index is 0.259. The summed E-state index contributed by atoms with van der Waals surface area (Å²) in [7, 11) is 0. The maximum absolute atomic E-state index is 10.7. The Kier molecular flexibility index (Phi) is 4.18. The number of rotatable bonds is 4. The van der Waals surface area contributed by atoms with Gasteiger partial charge < -0.3 is 15.9 Å². The maximum Gasteiger partial charge on any atom is 0.165 e. The van der Waals surface area contributed by atoms with Crippen LogP contribution in [0.5, 0.6) is 0 Å². The molecule has 4 heteroatoms. The predicted molar refractivity (Wildman–Crippen MR) is 36.1 cm³/mol. The summed E-state index contributed by atoms with van der Waals surface area (Å²) in [4.78, 5) is 10.7. The molecule has 60 valence electrons. The molecule has 0 aromatic carbocycles. The van der Waals surface area contributed by atoms with E-state index in [0.717, 1.165) is 0 Å². The molecule has 10 heavy (non-hydrogen) atoms. The van der Waals surface area contributed by atoms with Crippen LogP contribution in [0.25, 0.3) is 0 Å². The number of aliphatic hydroxyl groups excluding tert-OH is 2. The van der Waals surface area contributed by atoms with Gasteiger partial charge in [-0.05, 0) is 6.42 Å². The van der Waals surface area contributed by atoms with Crippen molar-refractivity contribution in [2.45, 2.75) is 32.1 Å². The molecular weight excluding hydrogens is 134 g/mol. The molecule has 0 aromatic rings. The maximum atomic E-state index is 10.7. The van der Waals surface area contributed by atoms with Crippen LogP contribution >= 0.6 is 0 Å². The minimum Gasteiger partial charge on any atom is -0.381 e. The summed E-state index contributed by atoms with van der Waals surface area (Å²) in [6, 6.07) is 0. The van der Waals surface area contributed by atoms with E-state index in [1.807, 2.05) is 6.92 Å². The SMILES string of the molecule is CCCC(=O)C(O)C(N)O. The zero-order valence-electron chi connectivity index (χ0n) is 5.95. The third kappa shape index (κ3) is 2.91. The van der Waals surface area contributed by atoms with Gasteiger partial charge in [0.2, 0.25) is 0 Å². The van der Waals surface area contributed by atoms with Gasteiger partial charge >= 0.3 is 0 Å². The third-order valence-electron chi connectivity index (χ3n) is 1.15. The summed E-state index contributed by atoms with van der Waals surface area (Å²) in [5.74, 6) is -0.405. The van der Waals surface area contributed by atoms with Crippen molar-refractivity contribution in [2.24, 2.45) is 5.73 Å². The Morgan fingerprint density at radius 2 is 2.10 bits per heavy atom. The average molecular weight is 147 g/mol. The van der Waals surface area contributed by atoms with Gasteiger partial charge in [0.25, 0.3) is 0 Å². The number of nitrogens with two attached hydrogens (primary N) is 1. The first-order chi connectivity index (χ1) is 4.59. The lowest BCUT2D eigenvalue weighted by Crippen LogP contribution is -2.40. The summed E-state index contributed by atoms with van der Waals surface area (Å²) in [5, 5.41) is 17.3. The Morgan fingerprint density at radius 1 is 1.60 bits per heavy atom. The van der Waals surface area contributed by atoms with Crippen molar-refractivity contribution in [3.63, 3.8) is 0 Å². The molecule has 0 rings (SSSR count). The molecule has 0 aliphatic heterocycles. The first-order valence-corrected chi connectivity index (χ1v) is 3.24. The lowest BCUT2D eigenvalue weighted by atomic mass is 10.1. The van der Waals surface area contributed by atoms with Gasteiger partial charge in [0.15, 0.2) is 11.9 Å². The molecule has 0 aliphatic carbocycles. The number of aliphatic hydroxyl groups is 2. The monoisotopic (exact) mass is 147 g/mol. The molecule has 2 unspecified atom stereocenters. The van der Waals surface area contributed by atoms with Crippen molar-refractivity contribution in [1.29, 1.82) is 0 Å². The highest BCUT2D eigenvalue weighted by Crippen LogP contribution is 1.96. The van der Waals surface area contributed by atoms with E-state index < -0.39 is 18.1 Å². The lowest BCUT2D eigenvalue weighted by molar-refractivity contribution is -0.132. The molecule has 0 heterocycles. The molecular formula is C6H13NO3. The van der Waals surface area contributed by atoms with Crippen molar-refractivity contribution in [2.75, 3.05) is 0 Å². The number of hydrogen-bond donors (Lipinski definition) is 3. The van der Waals surface area contributed by atoms with Crippen molar-refractivity contribution < 1.29 is 15.0 Å². The van der Waals surface area contributed by atoms with Crippen LogP contribution in [-0.4, -0.2) is 28.3 Å². The van der Waals surface area contributed by atoms with Gasteiger partial charge in [-0.25, -0.2) is 0 Å². The van der Waals surface area contributed by atoms with Gasteiger partial charge in [0, 0.05) is 6.42 Å². The minimum atomic E-state index is -1.45. The zero-order valence-corrected chi connectivity index (χ0v) is 5.95. The summed E-state index contributed by atoms with van der Waals surface area (Å²) in [6.45, 7) is 1.81. The smallest absolute Gasteiger partial charge is 0.165 e. The lowest BCUT2D eigenvalue weighted by Gasteiger charge is -2.10. The highest BCUT2D eigenvalue weighted by atomic mass is 16.3. The van der Waals surface area contributed by atoms with Gasteiger partial charge in [-0.2, -0.15) is 0 Å². The van der Waals surface area contributed by atoms with Crippen molar-refractivity contribution in [1.82, 2.24) is 0 Å². The molecule has 0 bridgehead atoms. The van der Waals surface area contributed by atoms with Crippen LogP contribution in [0.1, 0.15) is 19.8 Å². The van der Waals surface area contributed by atoms with Crippen LogP contribution < -0.4 is 5.73 Å². The number of Topliss-reactive ketones (excluding diaryl/α,β-unsaturated/α-hetero) is 1. The first-order valence-electron chi connectivity index (χ1n) is 3.24. The van der Waals surface area contributed by atoms with E-state index in [-0.39, 0.29) is 6.42 Å². The standard InChI is InChI=1S/C6H13NO3/c1-2-3-4(8)5(9)6(7)10/h5-6,9-10H,2-3,7H2,1H3. The van der Waals surface area contributed by atoms with E-state index in [0.29, 0.717) is 6.42 Å². The second-order valence-corrected chi connectivity index (χ2v) is 2.15. The largest absolute Gasteiger partial charge is 0.381 e. The summed E-state index contributed by atoms with van der Waals surface area (Å²) >= 11 is 0. The molecule has 0 saturated heterocycles. The van der Waals surface area contributed by atoms with E-state index in [1.165, 1.54) is 0 Å². The number of hydrogen-bond acceptors (Lipinski definition) is 4. The summed E-state index contributed by atoms with van der Waals surface area (Å²) < 4.78 is 0. The summed E-state index contributed by atoms with van der Waals surface area (Å²) in [5.41, 5.74) is 4.85. The Labute approximate surface area is 59.7 Å². The number of ketones is 1. The highest BCUT2D eigenvalue weighted by Gasteiger charge is 2.18. The fourth-order valence-electron chi connectivity index (χ4n) is 0.585. The van der Waals surface area contributed by atoms with Crippen LogP contribution in [0, 0.1) is 0 Å². The fraction of sp³-hybridized carbons (Fsp3) is 0.833. The van der Waals surface area contributed by atoms with Crippen molar-refractivity contribution >= 4 is 5.78 Å². The Bertz CT molecular complexity index is 114. The van der Waals surface area contributed by atoms with Crippen molar-refractivity contribution in [3.8, 4) is 0 Å². The first kappa shape index (κ1) is 9.55. The van der Waals surface area contributed by atoms with E-state index >= 15 is 0 Å². The quantitative estimate of drug-likeness (QED) is 0.445. The second-order valence-electron chi connectivity index (χ2n) is 2.15. The molecule has 0 spiro atoms. The fourth-order valence-corrected chi connectivity index (χ4v) is 0.585. The van der Waals surface area contributed by atoms with Crippen LogP contribution in [0.2, 0.25) is 0 Å². The average Bonchev–Trinajstić information content (AvgIpc) is 1.87. The van der Waals surface area contributed by atoms with Crippen LogP contribution in [-0.2, 0) is 4.79 Å². The molecule has 2 atom stereocenters. The molecule has 0 saturated carbocycles. The van der Waals surface area contributed by atoms with E-state index in [2.05, 4.69) is 0 Å². The highest BCUT2D eigenvalue weighted by molar-refractivity contribution is 5.83. The normalized spacial score (nSPS) is 16.4. The molecule has 0 aliphatic rings. The Hall–Kier alpha value is -0.450. The van der Waals surface area contributed by atoms with Crippen LogP contribution in [0.15, 0.2) is 0 Å². The Balaban J connectivity index is 3.71.